The number of rotatable bonds is 3. The predicted molar refractivity (Wildman–Crippen MR) is 89.2 cm³/mol. The second kappa shape index (κ2) is 5.35. The van der Waals surface area contributed by atoms with Gasteiger partial charge >= 0.3 is 0 Å². The lowest BCUT2D eigenvalue weighted by atomic mass is 10.2. The van der Waals surface area contributed by atoms with Gasteiger partial charge in [-0.2, -0.15) is 0 Å². The van der Waals surface area contributed by atoms with Crippen LogP contribution in [0.25, 0.3) is 20.7 Å². The monoisotopic (exact) mass is 322 g/mol. The smallest absolute Gasteiger partial charge is 0.263 e. The number of nitrogens with zero attached hydrogens (tertiary/aromatic N) is 2. The van der Waals surface area contributed by atoms with Crippen molar-refractivity contribution < 1.29 is 0 Å². The minimum atomic E-state index is 0.0443. The highest BCUT2D eigenvalue weighted by molar-refractivity contribution is 7.99. The first-order valence-corrected chi connectivity index (χ1v) is 8.90. The van der Waals surface area contributed by atoms with Gasteiger partial charge in [-0.25, -0.2) is 4.98 Å². The second-order valence-electron chi connectivity index (χ2n) is 4.73. The van der Waals surface area contributed by atoms with E-state index in [4.69, 9.17) is 0 Å². The van der Waals surface area contributed by atoms with Crippen molar-refractivity contribution in [1.29, 1.82) is 0 Å². The average molecular weight is 322 g/mol. The molecule has 0 saturated heterocycles. The first-order chi connectivity index (χ1) is 9.58. The summed E-state index contributed by atoms with van der Waals surface area (Å²) in [7, 11) is 1.80. The van der Waals surface area contributed by atoms with E-state index in [0.29, 0.717) is 5.25 Å². The summed E-state index contributed by atoms with van der Waals surface area (Å²) < 4.78 is 1.66. The number of aromatic nitrogens is 2. The Morgan fingerprint density at radius 3 is 2.80 bits per heavy atom. The van der Waals surface area contributed by atoms with Crippen molar-refractivity contribution in [2.24, 2.45) is 7.05 Å². The maximum Gasteiger partial charge on any atom is 0.263 e. The molecule has 0 bridgehead atoms. The molecule has 3 nitrogen and oxygen atoms in total. The molecule has 0 saturated carbocycles. The van der Waals surface area contributed by atoms with Crippen LogP contribution in [-0.4, -0.2) is 14.8 Å². The fourth-order valence-corrected chi connectivity index (χ4v) is 4.60. The van der Waals surface area contributed by atoms with Crippen molar-refractivity contribution in [1.82, 2.24) is 9.55 Å². The molecule has 0 amide bonds. The van der Waals surface area contributed by atoms with Gasteiger partial charge in [0, 0.05) is 28.1 Å². The van der Waals surface area contributed by atoms with Gasteiger partial charge in [-0.15, -0.1) is 22.7 Å². The SMILES string of the molecule is CC(C)Sc1nc2scc(-c3cccs3)c2c(=O)n1C. The Morgan fingerprint density at radius 1 is 1.35 bits per heavy atom. The van der Waals surface area contributed by atoms with Gasteiger partial charge in [-0.3, -0.25) is 9.36 Å². The van der Waals surface area contributed by atoms with E-state index in [1.807, 2.05) is 22.9 Å². The van der Waals surface area contributed by atoms with Crippen molar-refractivity contribution in [2.45, 2.75) is 24.3 Å². The van der Waals surface area contributed by atoms with Gasteiger partial charge in [0.15, 0.2) is 5.16 Å². The van der Waals surface area contributed by atoms with E-state index in [9.17, 15) is 4.79 Å². The molecule has 0 spiro atoms. The van der Waals surface area contributed by atoms with E-state index in [1.165, 1.54) is 0 Å². The maximum absolute atomic E-state index is 12.6. The lowest BCUT2D eigenvalue weighted by Crippen LogP contribution is -2.20. The number of hydrogen-bond donors (Lipinski definition) is 0. The minimum Gasteiger partial charge on any atom is -0.290 e. The molecule has 0 fully saturated rings. The van der Waals surface area contributed by atoms with Crippen molar-refractivity contribution in [3.63, 3.8) is 0 Å². The van der Waals surface area contributed by atoms with Gasteiger partial charge in [0.1, 0.15) is 4.83 Å². The Labute approximate surface area is 129 Å². The maximum atomic E-state index is 12.6. The van der Waals surface area contributed by atoms with Crippen LogP contribution in [0.3, 0.4) is 0 Å². The van der Waals surface area contributed by atoms with Crippen LogP contribution >= 0.6 is 34.4 Å². The largest absolute Gasteiger partial charge is 0.290 e. The van der Waals surface area contributed by atoms with Gasteiger partial charge in [0.05, 0.1) is 5.39 Å². The molecule has 3 rings (SSSR count). The third-order valence-electron chi connectivity index (χ3n) is 2.90. The molecule has 0 aliphatic carbocycles. The molecule has 0 N–H and O–H groups in total. The molecule has 104 valence electrons. The lowest BCUT2D eigenvalue weighted by Gasteiger charge is -2.09. The minimum absolute atomic E-state index is 0.0443. The third-order valence-corrected chi connectivity index (χ3v) is 5.72. The quantitative estimate of drug-likeness (QED) is 0.535. The Bertz CT molecular complexity index is 800. The zero-order valence-corrected chi connectivity index (χ0v) is 13.9. The standard InChI is InChI=1S/C14H14N2OS3/c1-8(2)20-14-15-12-11(13(17)16(14)3)9(7-19-12)10-5-4-6-18-10/h4-8H,1-3H3. The van der Waals surface area contributed by atoms with Gasteiger partial charge in [-0.1, -0.05) is 31.7 Å². The van der Waals surface area contributed by atoms with Crippen molar-refractivity contribution in [3.8, 4) is 10.4 Å². The first kappa shape index (κ1) is 13.9. The third kappa shape index (κ3) is 2.32. The average Bonchev–Trinajstić information content (AvgIpc) is 3.02. The Morgan fingerprint density at radius 2 is 2.15 bits per heavy atom. The van der Waals surface area contributed by atoms with E-state index in [-0.39, 0.29) is 5.56 Å². The zero-order valence-electron chi connectivity index (χ0n) is 11.4. The summed E-state index contributed by atoms with van der Waals surface area (Å²) in [5.41, 5.74) is 1.05. The van der Waals surface area contributed by atoms with E-state index < -0.39 is 0 Å². The summed E-state index contributed by atoms with van der Waals surface area (Å²) in [6.07, 6.45) is 0. The number of thioether (sulfide) groups is 1. The number of hydrogen-bond acceptors (Lipinski definition) is 5. The summed E-state index contributed by atoms with van der Waals surface area (Å²) >= 11 is 4.82. The molecule has 0 unspecified atom stereocenters. The Kier molecular flexibility index (Phi) is 3.70. The fraction of sp³-hybridized carbons (Fsp3) is 0.286. The van der Waals surface area contributed by atoms with Crippen LogP contribution in [0.4, 0.5) is 0 Å². The molecule has 0 atom stereocenters. The summed E-state index contributed by atoms with van der Waals surface area (Å²) in [5, 5.41) is 6.00. The van der Waals surface area contributed by atoms with Crippen molar-refractivity contribution in [2.75, 3.05) is 0 Å². The van der Waals surface area contributed by atoms with Crippen LogP contribution in [0.1, 0.15) is 13.8 Å². The number of fused-ring (bicyclic) bond motifs is 1. The van der Waals surface area contributed by atoms with E-state index in [2.05, 4.69) is 18.8 Å². The molecular formula is C14H14N2OS3. The van der Waals surface area contributed by atoms with Crippen LogP contribution in [0, 0.1) is 0 Å². The molecule has 0 aliphatic rings. The highest BCUT2D eigenvalue weighted by Gasteiger charge is 2.16. The summed E-state index contributed by atoms with van der Waals surface area (Å²) in [6.45, 7) is 4.21. The van der Waals surface area contributed by atoms with Gasteiger partial charge in [0.2, 0.25) is 0 Å². The van der Waals surface area contributed by atoms with Gasteiger partial charge in [0.25, 0.3) is 5.56 Å². The topological polar surface area (TPSA) is 34.9 Å². The van der Waals surface area contributed by atoms with E-state index >= 15 is 0 Å². The highest BCUT2D eigenvalue weighted by atomic mass is 32.2. The zero-order chi connectivity index (χ0) is 14.3. The summed E-state index contributed by atoms with van der Waals surface area (Å²) in [6, 6.07) is 4.05. The molecular weight excluding hydrogens is 308 g/mol. The van der Waals surface area contributed by atoms with Gasteiger partial charge in [-0.05, 0) is 11.4 Å². The summed E-state index contributed by atoms with van der Waals surface area (Å²) in [4.78, 5) is 19.2. The van der Waals surface area contributed by atoms with Crippen LogP contribution < -0.4 is 5.56 Å². The molecule has 20 heavy (non-hydrogen) atoms. The number of thiophene rings is 2. The molecule has 3 aromatic heterocycles. The summed E-state index contributed by atoms with van der Waals surface area (Å²) in [5.74, 6) is 0. The highest BCUT2D eigenvalue weighted by Crippen LogP contribution is 2.34. The molecule has 0 aromatic carbocycles. The van der Waals surface area contributed by atoms with Gasteiger partial charge < -0.3 is 0 Å². The van der Waals surface area contributed by atoms with Crippen LogP contribution in [0.15, 0.2) is 32.8 Å². The van der Waals surface area contributed by atoms with Crippen LogP contribution in [0.5, 0.6) is 0 Å². The molecule has 3 aromatic rings. The molecule has 6 heteroatoms. The van der Waals surface area contributed by atoms with E-state index in [1.54, 1.807) is 46.1 Å². The van der Waals surface area contributed by atoms with Crippen LogP contribution in [-0.2, 0) is 7.05 Å². The van der Waals surface area contributed by atoms with Crippen molar-refractivity contribution >= 4 is 44.7 Å². The fourth-order valence-electron chi connectivity index (χ4n) is 1.98. The molecule has 3 heterocycles. The molecule has 0 aliphatic heterocycles. The Balaban J connectivity index is 2.25. The van der Waals surface area contributed by atoms with Crippen LogP contribution in [0.2, 0.25) is 0 Å². The van der Waals surface area contributed by atoms with E-state index in [0.717, 1.165) is 25.8 Å². The predicted octanol–water partition coefficient (Wildman–Crippen LogP) is 4.22. The second-order valence-corrected chi connectivity index (χ2v) is 8.08. The Hall–Kier alpha value is -1.11. The van der Waals surface area contributed by atoms with Crippen molar-refractivity contribution in [3.05, 3.63) is 33.2 Å². The lowest BCUT2D eigenvalue weighted by molar-refractivity contribution is 0.726. The first-order valence-electron chi connectivity index (χ1n) is 6.26. The molecule has 0 radical (unpaired) electrons. The normalized spacial score (nSPS) is 11.6.